The monoisotopic (exact) mass is 649 g/mol. The molecule has 9 heteroatoms. The van der Waals surface area contributed by atoms with E-state index in [4.69, 9.17) is 23.2 Å². The molecule has 240 valence electrons. The summed E-state index contributed by atoms with van der Waals surface area (Å²) in [6, 6.07) is 23.1. The van der Waals surface area contributed by atoms with Gasteiger partial charge in [0.05, 0.1) is 6.04 Å². The van der Waals surface area contributed by atoms with Crippen molar-refractivity contribution in [2.75, 3.05) is 52.9 Å². The van der Waals surface area contributed by atoms with Crippen LogP contribution in [0.5, 0.6) is 0 Å². The maximum atomic E-state index is 14.2. The number of fused-ring (bicyclic) bond motifs is 1. The van der Waals surface area contributed by atoms with Crippen LogP contribution in [0.15, 0.2) is 72.8 Å². The highest BCUT2D eigenvalue weighted by Crippen LogP contribution is 2.26. The Morgan fingerprint density at radius 3 is 2.09 bits per heavy atom. The molecule has 1 saturated heterocycles. The van der Waals surface area contributed by atoms with Crippen molar-refractivity contribution in [2.45, 2.75) is 51.4 Å². The van der Waals surface area contributed by atoms with Gasteiger partial charge in [0.1, 0.15) is 6.04 Å². The van der Waals surface area contributed by atoms with E-state index in [0.29, 0.717) is 37.5 Å². The average molecular weight is 651 g/mol. The Balaban J connectivity index is 1.30. The van der Waals surface area contributed by atoms with E-state index in [1.54, 1.807) is 0 Å². The molecule has 2 aliphatic heterocycles. The van der Waals surface area contributed by atoms with Gasteiger partial charge < -0.3 is 15.1 Å². The standard InChI is InChI=1S/C36H45Cl2N5O2/c1-4-41(5-2)25-34(27-12-16-31(38)17-13-27)42-18-20-43(21-19-42)36(45)32(22-26-10-14-30(37)15-11-26)39-35(44)33-23-28-8-6-7-9-29(28)24-40(33)3/h6-17,32-34H,4-5,18-25H2,1-3H3,(H,39,44)/t32-,33-,34?/m1/s1. The third-order valence-electron chi connectivity index (χ3n) is 9.40. The smallest absolute Gasteiger partial charge is 0.245 e. The van der Waals surface area contributed by atoms with E-state index >= 15 is 0 Å². The molecule has 3 atom stereocenters. The van der Waals surface area contributed by atoms with Crippen LogP contribution in [0.25, 0.3) is 0 Å². The van der Waals surface area contributed by atoms with Crippen molar-refractivity contribution in [1.82, 2.24) is 24.9 Å². The van der Waals surface area contributed by atoms with Crippen molar-refractivity contribution >= 4 is 35.0 Å². The Morgan fingerprint density at radius 2 is 1.47 bits per heavy atom. The number of carbonyl (C=O) groups is 2. The lowest BCUT2D eigenvalue weighted by atomic mass is 9.93. The van der Waals surface area contributed by atoms with E-state index in [2.05, 4.69) is 58.1 Å². The number of benzene rings is 3. The molecule has 0 bridgehead atoms. The van der Waals surface area contributed by atoms with Gasteiger partial charge in [0.2, 0.25) is 11.8 Å². The highest BCUT2D eigenvalue weighted by atomic mass is 35.5. The van der Waals surface area contributed by atoms with Crippen molar-refractivity contribution in [3.8, 4) is 0 Å². The summed E-state index contributed by atoms with van der Waals surface area (Å²) in [4.78, 5) is 36.8. The lowest BCUT2D eigenvalue weighted by Crippen LogP contribution is -2.59. The summed E-state index contributed by atoms with van der Waals surface area (Å²) < 4.78 is 0. The fraction of sp³-hybridized carbons (Fsp3) is 0.444. The van der Waals surface area contributed by atoms with Gasteiger partial charge in [-0.1, -0.05) is 85.6 Å². The largest absolute Gasteiger partial charge is 0.343 e. The molecule has 1 N–H and O–H groups in total. The molecule has 1 fully saturated rings. The van der Waals surface area contributed by atoms with Gasteiger partial charge in [0.25, 0.3) is 0 Å². The van der Waals surface area contributed by atoms with Crippen molar-refractivity contribution in [3.05, 3.63) is 105 Å². The molecule has 2 heterocycles. The zero-order valence-corrected chi connectivity index (χ0v) is 28.1. The second kappa shape index (κ2) is 15.6. The molecule has 0 radical (unpaired) electrons. The first kappa shape index (κ1) is 33.4. The third kappa shape index (κ3) is 8.46. The van der Waals surface area contributed by atoms with Gasteiger partial charge >= 0.3 is 0 Å². The molecule has 3 aromatic rings. The van der Waals surface area contributed by atoms with Crippen molar-refractivity contribution in [2.24, 2.45) is 0 Å². The van der Waals surface area contributed by atoms with E-state index < -0.39 is 6.04 Å². The van der Waals surface area contributed by atoms with E-state index in [1.807, 2.05) is 60.5 Å². The van der Waals surface area contributed by atoms with Crippen LogP contribution in [0.3, 0.4) is 0 Å². The number of nitrogens with one attached hydrogen (secondary N) is 1. The molecule has 2 amide bonds. The number of carbonyl (C=O) groups excluding carboxylic acids is 2. The third-order valence-corrected chi connectivity index (χ3v) is 9.90. The molecule has 0 aromatic heterocycles. The Kier molecular flexibility index (Phi) is 11.6. The lowest BCUT2D eigenvalue weighted by Gasteiger charge is -2.42. The topological polar surface area (TPSA) is 59.1 Å². The maximum absolute atomic E-state index is 14.2. The highest BCUT2D eigenvalue weighted by Gasteiger charge is 2.35. The van der Waals surface area contributed by atoms with Gasteiger partial charge in [-0.3, -0.25) is 19.4 Å². The van der Waals surface area contributed by atoms with Crippen LogP contribution in [0.2, 0.25) is 10.0 Å². The normalized spacial score (nSPS) is 18.8. The van der Waals surface area contributed by atoms with Crippen LogP contribution >= 0.6 is 23.2 Å². The van der Waals surface area contributed by atoms with Gasteiger partial charge in [-0.2, -0.15) is 0 Å². The van der Waals surface area contributed by atoms with Crippen LogP contribution in [-0.2, 0) is 29.0 Å². The molecule has 0 saturated carbocycles. The van der Waals surface area contributed by atoms with Gasteiger partial charge in [0, 0.05) is 61.8 Å². The Morgan fingerprint density at radius 1 is 0.867 bits per heavy atom. The van der Waals surface area contributed by atoms with Crippen molar-refractivity contribution < 1.29 is 9.59 Å². The quantitative estimate of drug-likeness (QED) is 0.305. The molecule has 45 heavy (non-hydrogen) atoms. The van der Waals surface area contributed by atoms with E-state index in [1.165, 1.54) is 16.7 Å². The second-order valence-electron chi connectivity index (χ2n) is 12.2. The minimum absolute atomic E-state index is 0.0383. The SMILES string of the molecule is CCN(CC)CC(c1ccc(Cl)cc1)N1CCN(C(=O)[C@@H](Cc2ccc(Cl)cc2)NC(=O)[C@H]2Cc3ccccc3CN2C)CC1. The number of amides is 2. The number of hydrogen-bond donors (Lipinski definition) is 1. The number of nitrogens with zero attached hydrogens (tertiary/aromatic N) is 4. The summed E-state index contributed by atoms with van der Waals surface area (Å²) in [7, 11) is 1.98. The lowest BCUT2D eigenvalue weighted by molar-refractivity contribution is -0.139. The van der Waals surface area contributed by atoms with Gasteiger partial charge in [0.15, 0.2) is 0 Å². The number of likely N-dealkylation sites (N-methyl/N-ethyl adjacent to an activating group) is 2. The highest BCUT2D eigenvalue weighted by molar-refractivity contribution is 6.30. The van der Waals surface area contributed by atoms with Crippen LogP contribution in [-0.4, -0.2) is 96.4 Å². The molecule has 7 nitrogen and oxygen atoms in total. The predicted molar refractivity (Wildman–Crippen MR) is 183 cm³/mol. The first-order chi connectivity index (χ1) is 21.7. The van der Waals surface area contributed by atoms with Gasteiger partial charge in [-0.05, 0) is 73.1 Å². The van der Waals surface area contributed by atoms with Gasteiger partial charge in [-0.15, -0.1) is 0 Å². The summed E-state index contributed by atoms with van der Waals surface area (Å²) in [5, 5.41) is 4.55. The van der Waals surface area contributed by atoms with Crippen LogP contribution < -0.4 is 5.32 Å². The Bertz CT molecular complexity index is 1420. The molecular weight excluding hydrogens is 605 g/mol. The summed E-state index contributed by atoms with van der Waals surface area (Å²) in [5.74, 6) is -0.149. The zero-order valence-electron chi connectivity index (χ0n) is 26.6. The van der Waals surface area contributed by atoms with Crippen LogP contribution in [0.1, 0.15) is 42.1 Å². The molecule has 1 unspecified atom stereocenters. The molecular formula is C36H45Cl2N5O2. The second-order valence-corrected chi connectivity index (χ2v) is 13.1. The predicted octanol–water partition coefficient (Wildman–Crippen LogP) is 5.30. The van der Waals surface area contributed by atoms with Crippen LogP contribution in [0.4, 0.5) is 0 Å². The summed E-state index contributed by atoms with van der Waals surface area (Å²) in [6.07, 6.45) is 1.03. The van der Waals surface area contributed by atoms with E-state index in [0.717, 1.165) is 43.3 Å². The Hall–Kier alpha value is -2.94. The minimum atomic E-state index is -0.668. The fourth-order valence-electron chi connectivity index (χ4n) is 6.59. The maximum Gasteiger partial charge on any atom is 0.245 e. The molecule has 0 spiro atoms. The van der Waals surface area contributed by atoms with E-state index in [-0.39, 0.29) is 23.9 Å². The summed E-state index contributed by atoms with van der Waals surface area (Å²) in [5.41, 5.74) is 4.62. The summed E-state index contributed by atoms with van der Waals surface area (Å²) >= 11 is 12.4. The number of halogens is 2. The first-order valence-corrected chi connectivity index (χ1v) is 16.8. The molecule has 0 aliphatic carbocycles. The van der Waals surface area contributed by atoms with Crippen molar-refractivity contribution in [3.63, 3.8) is 0 Å². The van der Waals surface area contributed by atoms with Crippen molar-refractivity contribution in [1.29, 1.82) is 0 Å². The zero-order chi connectivity index (χ0) is 31.9. The average Bonchev–Trinajstić information content (AvgIpc) is 3.06. The fourth-order valence-corrected chi connectivity index (χ4v) is 6.84. The number of rotatable bonds is 11. The molecule has 5 rings (SSSR count). The summed E-state index contributed by atoms with van der Waals surface area (Å²) in [6.45, 7) is 10.7. The first-order valence-electron chi connectivity index (χ1n) is 16.1. The number of hydrogen-bond acceptors (Lipinski definition) is 5. The molecule has 3 aromatic carbocycles. The van der Waals surface area contributed by atoms with E-state index in [9.17, 15) is 9.59 Å². The van der Waals surface area contributed by atoms with Gasteiger partial charge in [-0.25, -0.2) is 0 Å². The Labute approximate surface area is 278 Å². The minimum Gasteiger partial charge on any atom is -0.343 e. The molecule has 2 aliphatic rings. The number of piperazine rings is 1. The van der Waals surface area contributed by atoms with Crippen LogP contribution in [0, 0.1) is 0 Å².